The summed E-state index contributed by atoms with van der Waals surface area (Å²) in [6.45, 7) is 0. The molecule has 6 heteroatoms. The maximum absolute atomic E-state index is 11.2. The summed E-state index contributed by atoms with van der Waals surface area (Å²) in [6.07, 6.45) is 0. The summed E-state index contributed by atoms with van der Waals surface area (Å²) in [7, 11) is 1.34. The number of esters is 1. The van der Waals surface area contributed by atoms with E-state index in [0.29, 0.717) is 15.5 Å². The maximum atomic E-state index is 11.2. The molecule has 0 aliphatic carbocycles. The van der Waals surface area contributed by atoms with Crippen LogP contribution in [0.1, 0.15) is 9.67 Å². The Morgan fingerprint density at radius 1 is 1.50 bits per heavy atom. The highest BCUT2D eigenvalue weighted by Gasteiger charge is 2.11. The van der Waals surface area contributed by atoms with E-state index >= 15 is 0 Å². The predicted molar refractivity (Wildman–Crippen MR) is 53.8 cm³/mol. The molecule has 0 amide bonds. The van der Waals surface area contributed by atoms with Crippen molar-refractivity contribution in [2.45, 2.75) is 0 Å². The van der Waals surface area contributed by atoms with E-state index in [1.165, 1.54) is 18.4 Å². The molecule has 0 aliphatic rings. The number of fused-ring (bicyclic) bond motifs is 1. The van der Waals surface area contributed by atoms with Gasteiger partial charge < -0.3 is 4.74 Å². The first kappa shape index (κ1) is 9.36. The number of halogens is 1. The minimum absolute atomic E-state index is 0.316. The summed E-state index contributed by atoms with van der Waals surface area (Å²) in [6, 6.07) is 3.30. The van der Waals surface area contributed by atoms with Gasteiger partial charge in [-0.1, -0.05) is 11.6 Å². The molecule has 2 aromatic rings. The van der Waals surface area contributed by atoms with Crippen molar-refractivity contribution in [2.24, 2.45) is 0 Å². The van der Waals surface area contributed by atoms with Crippen LogP contribution in [0.25, 0.3) is 10.2 Å². The molecule has 2 heterocycles. The molecule has 4 nitrogen and oxygen atoms in total. The van der Waals surface area contributed by atoms with Crippen LogP contribution in [-0.4, -0.2) is 23.3 Å². The Morgan fingerprint density at radius 3 is 3.00 bits per heavy atom. The average molecular weight is 229 g/mol. The molecule has 0 fully saturated rings. The molecule has 0 N–H and O–H groups in total. The molecule has 0 saturated heterocycles. The van der Waals surface area contributed by atoms with E-state index in [-0.39, 0.29) is 5.97 Å². The Balaban J connectivity index is 2.56. The largest absolute Gasteiger partial charge is 0.465 e. The summed E-state index contributed by atoms with van der Waals surface area (Å²) in [5.74, 6) is -0.371. The van der Waals surface area contributed by atoms with Gasteiger partial charge in [-0.05, 0) is 12.1 Å². The first-order valence-corrected chi connectivity index (χ1v) is 4.91. The Hall–Kier alpha value is -1.20. The van der Waals surface area contributed by atoms with Crippen LogP contribution >= 0.6 is 22.9 Å². The van der Waals surface area contributed by atoms with Gasteiger partial charge >= 0.3 is 5.97 Å². The fourth-order valence-electron chi connectivity index (χ4n) is 1.02. The second kappa shape index (κ2) is 3.51. The number of aromatic nitrogens is 2. The molecule has 72 valence electrons. The Bertz CT molecular complexity index is 497. The van der Waals surface area contributed by atoms with E-state index in [1.54, 1.807) is 12.1 Å². The third-order valence-corrected chi connectivity index (χ3v) is 2.87. The smallest absolute Gasteiger partial charge is 0.348 e. The van der Waals surface area contributed by atoms with Gasteiger partial charge in [0.15, 0.2) is 5.15 Å². The lowest BCUT2D eigenvalue weighted by Crippen LogP contribution is -1.96. The van der Waals surface area contributed by atoms with Crippen molar-refractivity contribution in [1.29, 1.82) is 0 Å². The topological polar surface area (TPSA) is 52.1 Å². The van der Waals surface area contributed by atoms with Crippen molar-refractivity contribution < 1.29 is 9.53 Å². The normalized spacial score (nSPS) is 10.4. The van der Waals surface area contributed by atoms with E-state index < -0.39 is 0 Å². The van der Waals surface area contributed by atoms with Crippen molar-refractivity contribution in [1.82, 2.24) is 10.2 Å². The standard InChI is InChI=1S/C8H5ClN2O2S/c1-13-8(12)6-2-4-5(14-6)3-7(9)11-10-4/h2-3H,1H3. The first-order valence-electron chi connectivity index (χ1n) is 3.72. The summed E-state index contributed by atoms with van der Waals surface area (Å²) >= 11 is 6.94. The van der Waals surface area contributed by atoms with E-state index in [9.17, 15) is 4.79 Å². The van der Waals surface area contributed by atoms with Crippen LogP contribution in [0, 0.1) is 0 Å². The van der Waals surface area contributed by atoms with E-state index in [0.717, 1.165) is 4.70 Å². The number of rotatable bonds is 1. The van der Waals surface area contributed by atoms with E-state index in [4.69, 9.17) is 11.6 Å². The molecule has 0 unspecified atom stereocenters. The SMILES string of the molecule is COC(=O)c1cc2nnc(Cl)cc2s1. The van der Waals surface area contributed by atoms with Crippen LogP contribution in [0.3, 0.4) is 0 Å². The monoisotopic (exact) mass is 228 g/mol. The number of ether oxygens (including phenoxy) is 1. The summed E-state index contributed by atoms with van der Waals surface area (Å²) in [4.78, 5) is 11.7. The first-order chi connectivity index (χ1) is 6.70. The van der Waals surface area contributed by atoms with Gasteiger partial charge in [0.05, 0.1) is 11.8 Å². The number of carbonyl (C=O) groups is 1. The van der Waals surface area contributed by atoms with Gasteiger partial charge in [-0.15, -0.1) is 21.5 Å². The number of nitrogens with zero attached hydrogens (tertiary/aromatic N) is 2. The van der Waals surface area contributed by atoms with Crippen molar-refractivity contribution in [2.75, 3.05) is 7.11 Å². The molecule has 0 saturated carbocycles. The molecule has 0 spiro atoms. The maximum Gasteiger partial charge on any atom is 0.348 e. The van der Waals surface area contributed by atoms with Gasteiger partial charge in [0.1, 0.15) is 10.4 Å². The third-order valence-electron chi connectivity index (χ3n) is 1.63. The zero-order chi connectivity index (χ0) is 10.1. The van der Waals surface area contributed by atoms with Crippen LogP contribution < -0.4 is 0 Å². The minimum atomic E-state index is -0.371. The number of methoxy groups -OCH3 is 1. The van der Waals surface area contributed by atoms with E-state index in [1.807, 2.05) is 0 Å². The lowest BCUT2D eigenvalue weighted by molar-refractivity contribution is 0.0606. The van der Waals surface area contributed by atoms with Crippen LogP contribution in [0.15, 0.2) is 12.1 Å². The van der Waals surface area contributed by atoms with Gasteiger partial charge in [-0.3, -0.25) is 0 Å². The second-order valence-electron chi connectivity index (χ2n) is 2.52. The summed E-state index contributed by atoms with van der Waals surface area (Å²) < 4.78 is 5.41. The minimum Gasteiger partial charge on any atom is -0.465 e. The Labute approximate surface area is 88.5 Å². The lowest BCUT2D eigenvalue weighted by Gasteiger charge is -1.90. The summed E-state index contributed by atoms with van der Waals surface area (Å²) in [5.41, 5.74) is 0.653. The average Bonchev–Trinajstić information content (AvgIpc) is 2.59. The number of thiophene rings is 1. The highest BCUT2D eigenvalue weighted by atomic mass is 35.5. The van der Waals surface area contributed by atoms with Crippen LogP contribution in [-0.2, 0) is 4.74 Å². The molecule has 2 aromatic heterocycles. The molecule has 0 aromatic carbocycles. The van der Waals surface area contributed by atoms with E-state index in [2.05, 4.69) is 14.9 Å². The zero-order valence-corrected chi connectivity index (χ0v) is 8.72. The lowest BCUT2D eigenvalue weighted by atomic mass is 10.4. The number of hydrogen-bond donors (Lipinski definition) is 0. The third kappa shape index (κ3) is 1.56. The molecular formula is C8H5ClN2O2S. The fraction of sp³-hybridized carbons (Fsp3) is 0.125. The molecule has 0 bridgehead atoms. The Morgan fingerprint density at radius 2 is 2.29 bits per heavy atom. The molecule has 0 atom stereocenters. The number of carbonyl (C=O) groups excluding carboxylic acids is 1. The van der Waals surface area contributed by atoms with Gasteiger partial charge in [-0.2, -0.15) is 0 Å². The quantitative estimate of drug-likeness (QED) is 0.702. The van der Waals surface area contributed by atoms with Gasteiger partial charge in [-0.25, -0.2) is 4.79 Å². The zero-order valence-electron chi connectivity index (χ0n) is 7.15. The molecule has 2 rings (SSSR count). The van der Waals surface area contributed by atoms with Crippen LogP contribution in [0.5, 0.6) is 0 Å². The fourth-order valence-corrected chi connectivity index (χ4v) is 2.18. The van der Waals surface area contributed by atoms with Gasteiger partial charge in [0.25, 0.3) is 0 Å². The van der Waals surface area contributed by atoms with Gasteiger partial charge in [0, 0.05) is 0 Å². The van der Waals surface area contributed by atoms with Gasteiger partial charge in [0.2, 0.25) is 0 Å². The Kier molecular flexibility index (Phi) is 2.35. The molecule has 0 aliphatic heterocycles. The van der Waals surface area contributed by atoms with Crippen LogP contribution in [0.4, 0.5) is 0 Å². The van der Waals surface area contributed by atoms with Crippen molar-refractivity contribution in [3.05, 3.63) is 22.2 Å². The van der Waals surface area contributed by atoms with Crippen molar-refractivity contribution in [3.8, 4) is 0 Å². The predicted octanol–water partition coefficient (Wildman–Crippen LogP) is 2.13. The highest BCUT2D eigenvalue weighted by molar-refractivity contribution is 7.20. The van der Waals surface area contributed by atoms with Crippen molar-refractivity contribution in [3.63, 3.8) is 0 Å². The van der Waals surface area contributed by atoms with Crippen molar-refractivity contribution >= 4 is 39.1 Å². The highest BCUT2D eigenvalue weighted by Crippen LogP contribution is 2.25. The summed E-state index contributed by atoms with van der Waals surface area (Å²) in [5, 5.41) is 7.83. The number of hydrogen-bond acceptors (Lipinski definition) is 5. The van der Waals surface area contributed by atoms with Crippen LogP contribution in [0.2, 0.25) is 5.15 Å². The molecular weight excluding hydrogens is 224 g/mol. The second-order valence-corrected chi connectivity index (χ2v) is 3.99. The molecule has 0 radical (unpaired) electrons. The molecule has 14 heavy (non-hydrogen) atoms.